The van der Waals surface area contributed by atoms with Crippen molar-refractivity contribution in [3.63, 3.8) is 0 Å². The van der Waals surface area contributed by atoms with Crippen LogP contribution >= 0.6 is 23.2 Å². The molecule has 1 aliphatic rings. The highest BCUT2D eigenvalue weighted by Gasteiger charge is 2.25. The van der Waals surface area contributed by atoms with E-state index in [1.807, 2.05) is 6.92 Å². The van der Waals surface area contributed by atoms with Crippen LogP contribution in [-0.4, -0.2) is 15.2 Å². The molecule has 0 N–H and O–H groups in total. The fraction of sp³-hybridized carbons (Fsp3) is 0.222. The van der Waals surface area contributed by atoms with Gasteiger partial charge in [0, 0.05) is 5.02 Å². The normalized spacial score (nSPS) is 16.0. The Balaban J connectivity index is 1.98. The topological polar surface area (TPSA) is 53.2 Å². The van der Waals surface area contributed by atoms with Crippen molar-refractivity contribution in [1.29, 1.82) is 0 Å². The average Bonchev–Trinajstić information content (AvgIpc) is 2.59. The van der Waals surface area contributed by atoms with Gasteiger partial charge in [-0.15, -0.1) is 0 Å². The van der Waals surface area contributed by atoms with Crippen molar-refractivity contribution in [3.8, 4) is 5.75 Å². The first kappa shape index (κ1) is 16.2. The van der Waals surface area contributed by atoms with Crippen molar-refractivity contribution in [2.45, 2.75) is 26.1 Å². The minimum atomic E-state index is -0.369. The summed E-state index contributed by atoms with van der Waals surface area (Å²) in [6.07, 6.45) is -0.213. The smallest absolute Gasteiger partial charge is 0.332 e. The lowest BCUT2D eigenvalue weighted by Crippen LogP contribution is -2.44. The van der Waals surface area contributed by atoms with Crippen LogP contribution < -0.4 is 16.0 Å². The monoisotopic (exact) mass is 376 g/mol. The molecule has 2 aromatic carbocycles. The Hall–Kier alpha value is -2.24. The Labute approximate surface area is 153 Å². The predicted molar refractivity (Wildman–Crippen MR) is 98.1 cm³/mol. The number of benzene rings is 2. The molecule has 3 aromatic rings. The van der Waals surface area contributed by atoms with Gasteiger partial charge >= 0.3 is 5.69 Å². The second kappa shape index (κ2) is 5.93. The lowest BCUT2D eigenvalue weighted by Gasteiger charge is -2.26. The molecule has 0 aliphatic carbocycles. The molecule has 2 heterocycles. The molecule has 5 nitrogen and oxygen atoms in total. The van der Waals surface area contributed by atoms with Crippen molar-refractivity contribution in [3.05, 3.63) is 72.8 Å². The first-order valence-electron chi connectivity index (χ1n) is 7.82. The van der Waals surface area contributed by atoms with Crippen molar-refractivity contribution in [2.75, 3.05) is 0 Å². The zero-order chi connectivity index (χ0) is 17.7. The van der Waals surface area contributed by atoms with Gasteiger partial charge in [0.2, 0.25) is 0 Å². The summed E-state index contributed by atoms with van der Waals surface area (Å²) in [5, 5.41) is 1.41. The molecule has 25 heavy (non-hydrogen) atoms. The molecule has 4 rings (SSSR count). The van der Waals surface area contributed by atoms with Gasteiger partial charge in [-0.05, 0) is 36.8 Å². The van der Waals surface area contributed by atoms with Crippen LogP contribution in [0.15, 0.2) is 46.0 Å². The lowest BCUT2D eigenvalue weighted by molar-refractivity contribution is 0.186. The summed E-state index contributed by atoms with van der Waals surface area (Å²) in [6, 6.07) is 10.3. The van der Waals surface area contributed by atoms with E-state index in [9.17, 15) is 9.59 Å². The van der Waals surface area contributed by atoms with E-state index < -0.39 is 0 Å². The first-order chi connectivity index (χ1) is 12.0. The van der Waals surface area contributed by atoms with Gasteiger partial charge < -0.3 is 4.74 Å². The van der Waals surface area contributed by atoms with Crippen LogP contribution in [0.2, 0.25) is 10.0 Å². The largest absolute Gasteiger partial charge is 0.485 e. The molecule has 0 spiro atoms. The maximum absolute atomic E-state index is 13.0. The van der Waals surface area contributed by atoms with Crippen molar-refractivity contribution >= 4 is 34.1 Å². The molecule has 7 heteroatoms. The molecule has 1 aliphatic heterocycles. The van der Waals surface area contributed by atoms with Gasteiger partial charge in [-0.3, -0.25) is 13.9 Å². The van der Waals surface area contributed by atoms with Gasteiger partial charge in [0.1, 0.15) is 11.6 Å². The molecule has 0 radical (unpaired) electrons. The number of hydrogen-bond donors (Lipinski definition) is 0. The fourth-order valence-electron chi connectivity index (χ4n) is 3.15. The Morgan fingerprint density at radius 1 is 1.12 bits per heavy atom. The Kier molecular flexibility index (Phi) is 3.85. The van der Waals surface area contributed by atoms with E-state index in [1.54, 1.807) is 41.0 Å². The van der Waals surface area contributed by atoms with E-state index in [-0.39, 0.29) is 23.9 Å². The standard InChI is InChI=1S/C18H14Cl2N2O3/c1-10-8-21-15-13(6-7-14(20)16(15)25-10)17(23)22(18(21)24)9-11-2-4-12(19)5-3-11/h2-7,10H,8-9H2,1H3. The van der Waals surface area contributed by atoms with Crippen LogP contribution in [0.1, 0.15) is 12.5 Å². The SMILES string of the molecule is CC1Cn2c(=O)n(Cc3ccc(Cl)cc3)c(=O)c3ccc(Cl)c(c32)O1. The van der Waals surface area contributed by atoms with E-state index >= 15 is 0 Å². The van der Waals surface area contributed by atoms with Crippen molar-refractivity contribution in [2.24, 2.45) is 0 Å². The summed E-state index contributed by atoms with van der Waals surface area (Å²) < 4.78 is 8.57. The van der Waals surface area contributed by atoms with Crippen molar-refractivity contribution < 1.29 is 4.74 Å². The maximum atomic E-state index is 13.0. The molecule has 0 amide bonds. The molecule has 0 fully saturated rings. The highest BCUT2D eigenvalue weighted by Crippen LogP contribution is 2.35. The van der Waals surface area contributed by atoms with Gasteiger partial charge in [0.25, 0.3) is 5.56 Å². The molecular formula is C18H14Cl2N2O3. The number of rotatable bonds is 2. The summed E-state index contributed by atoms with van der Waals surface area (Å²) in [5.74, 6) is 0.394. The minimum Gasteiger partial charge on any atom is -0.485 e. The number of hydrogen-bond acceptors (Lipinski definition) is 3. The van der Waals surface area contributed by atoms with Crippen LogP contribution in [0.3, 0.4) is 0 Å². The third kappa shape index (κ3) is 2.64. The zero-order valence-electron chi connectivity index (χ0n) is 13.3. The third-order valence-corrected chi connectivity index (χ3v) is 4.85. The molecule has 128 valence electrons. The third-order valence-electron chi connectivity index (χ3n) is 4.30. The number of halogens is 2. The molecular weight excluding hydrogens is 363 g/mol. The van der Waals surface area contributed by atoms with E-state index in [4.69, 9.17) is 27.9 Å². The van der Waals surface area contributed by atoms with Crippen LogP contribution in [0, 0.1) is 0 Å². The summed E-state index contributed by atoms with van der Waals surface area (Å²) in [6.45, 7) is 2.40. The fourth-order valence-corrected chi connectivity index (χ4v) is 3.47. The van der Waals surface area contributed by atoms with Crippen LogP contribution in [0.25, 0.3) is 10.9 Å². The Bertz CT molecular complexity index is 1100. The van der Waals surface area contributed by atoms with Gasteiger partial charge in [0.15, 0.2) is 5.75 Å². The van der Waals surface area contributed by atoms with Gasteiger partial charge in [-0.1, -0.05) is 35.3 Å². The Morgan fingerprint density at radius 2 is 1.84 bits per heavy atom. The summed E-state index contributed by atoms with van der Waals surface area (Å²) in [7, 11) is 0. The van der Waals surface area contributed by atoms with E-state index in [2.05, 4.69) is 0 Å². The van der Waals surface area contributed by atoms with Crippen LogP contribution in [0.5, 0.6) is 5.75 Å². The van der Waals surface area contributed by atoms with Crippen LogP contribution in [-0.2, 0) is 13.1 Å². The number of aromatic nitrogens is 2. The van der Waals surface area contributed by atoms with Gasteiger partial charge in [0.05, 0.1) is 23.5 Å². The predicted octanol–water partition coefficient (Wildman–Crippen LogP) is 3.30. The molecule has 1 unspecified atom stereocenters. The van der Waals surface area contributed by atoms with E-state index in [0.29, 0.717) is 33.2 Å². The summed E-state index contributed by atoms with van der Waals surface area (Å²) >= 11 is 12.1. The zero-order valence-corrected chi connectivity index (χ0v) is 14.8. The van der Waals surface area contributed by atoms with Crippen molar-refractivity contribution in [1.82, 2.24) is 9.13 Å². The molecule has 1 aromatic heterocycles. The maximum Gasteiger partial charge on any atom is 0.332 e. The number of ether oxygens (including phenoxy) is 1. The highest BCUT2D eigenvalue weighted by atomic mass is 35.5. The highest BCUT2D eigenvalue weighted by molar-refractivity contribution is 6.33. The van der Waals surface area contributed by atoms with Gasteiger partial charge in [-0.2, -0.15) is 0 Å². The second-order valence-electron chi connectivity index (χ2n) is 6.11. The quantitative estimate of drug-likeness (QED) is 0.689. The van der Waals surface area contributed by atoms with Gasteiger partial charge in [-0.25, -0.2) is 4.79 Å². The summed E-state index contributed by atoms with van der Waals surface area (Å²) in [5.41, 5.74) is 0.561. The van der Waals surface area contributed by atoms with E-state index in [1.165, 1.54) is 4.57 Å². The molecule has 1 atom stereocenters. The van der Waals surface area contributed by atoms with Crippen LogP contribution in [0.4, 0.5) is 0 Å². The lowest BCUT2D eigenvalue weighted by atomic mass is 10.1. The minimum absolute atomic E-state index is 0.179. The first-order valence-corrected chi connectivity index (χ1v) is 8.58. The Morgan fingerprint density at radius 3 is 2.56 bits per heavy atom. The summed E-state index contributed by atoms with van der Waals surface area (Å²) in [4.78, 5) is 25.8. The molecule has 0 saturated carbocycles. The van der Waals surface area contributed by atoms with E-state index in [0.717, 1.165) is 5.56 Å². The average molecular weight is 377 g/mol. The molecule has 0 bridgehead atoms. The second-order valence-corrected chi connectivity index (χ2v) is 6.96. The molecule has 0 saturated heterocycles. The number of nitrogens with zero attached hydrogens (tertiary/aromatic N) is 2.